The van der Waals surface area contributed by atoms with Crippen molar-refractivity contribution in [3.8, 4) is 0 Å². The van der Waals surface area contributed by atoms with Gasteiger partial charge < -0.3 is 26.4 Å². The maximum atomic E-state index is 13.7. The standard InChI is InChI=1S/C21H26FN5O4S/c1-31-11-10-25-20(29)17(12-6-8-13(22)9-7-12)27(14-4-2-3-5-14)21(30)18-15(23)16(19(24)28)26-32-18/h6-9,14,17H,2-5,10-11,23H2,1H3,(H2,24,28)(H,25,29)/t17-/m1/s1. The number of nitrogen functional groups attached to an aromatic ring is 1. The number of nitrogens with zero attached hydrogens (tertiary/aromatic N) is 2. The van der Waals surface area contributed by atoms with E-state index in [0.717, 1.165) is 24.4 Å². The number of halogens is 1. The number of carbonyl (C=O) groups excluding carboxylic acids is 3. The predicted molar refractivity (Wildman–Crippen MR) is 117 cm³/mol. The Morgan fingerprint density at radius 1 is 1.28 bits per heavy atom. The molecule has 1 aliphatic carbocycles. The number of aromatic nitrogens is 1. The minimum Gasteiger partial charge on any atom is -0.395 e. The first-order valence-corrected chi connectivity index (χ1v) is 11.0. The molecule has 32 heavy (non-hydrogen) atoms. The fourth-order valence-corrected chi connectivity index (χ4v) is 4.63. The minimum atomic E-state index is -1.03. The molecule has 1 fully saturated rings. The van der Waals surface area contributed by atoms with E-state index in [1.54, 1.807) is 0 Å². The lowest BCUT2D eigenvalue weighted by Gasteiger charge is -2.36. The highest BCUT2D eigenvalue weighted by molar-refractivity contribution is 7.09. The van der Waals surface area contributed by atoms with E-state index >= 15 is 0 Å². The van der Waals surface area contributed by atoms with Crippen LogP contribution in [0.2, 0.25) is 0 Å². The molecule has 0 aliphatic heterocycles. The van der Waals surface area contributed by atoms with Gasteiger partial charge in [0.25, 0.3) is 11.8 Å². The van der Waals surface area contributed by atoms with Gasteiger partial charge >= 0.3 is 0 Å². The number of hydrogen-bond donors (Lipinski definition) is 3. The largest absolute Gasteiger partial charge is 0.395 e. The molecule has 1 aromatic carbocycles. The predicted octanol–water partition coefficient (Wildman–Crippen LogP) is 1.85. The number of nitrogens with one attached hydrogen (secondary N) is 1. The first-order valence-electron chi connectivity index (χ1n) is 10.2. The number of rotatable bonds is 9. The zero-order valence-electron chi connectivity index (χ0n) is 17.7. The molecule has 11 heteroatoms. The number of benzene rings is 1. The number of nitrogens with two attached hydrogens (primary N) is 2. The molecule has 1 heterocycles. The van der Waals surface area contributed by atoms with Gasteiger partial charge in [-0.2, -0.15) is 4.37 Å². The van der Waals surface area contributed by atoms with Crippen molar-refractivity contribution in [3.05, 3.63) is 46.2 Å². The van der Waals surface area contributed by atoms with E-state index in [4.69, 9.17) is 16.2 Å². The van der Waals surface area contributed by atoms with Crippen LogP contribution in [-0.4, -0.2) is 53.3 Å². The highest BCUT2D eigenvalue weighted by atomic mass is 32.1. The van der Waals surface area contributed by atoms with Crippen LogP contribution in [0.4, 0.5) is 10.1 Å². The van der Waals surface area contributed by atoms with Gasteiger partial charge in [-0.05, 0) is 42.1 Å². The van der Waals surface area contributed by atoms with Crippen LogP contribution >= 0.6 is 11.5 Å². The molecule has 1 saturated carbocycles. The minimum absolute atomic E-state index is 0.0440. The lowest BCUT2D eigenvalue weighted by Crippen LogP contribution is -2.48. The van der Waals surface area contributed by atoms with Gasteiger partial charge in [-0.25, -0.2) is 4.39 Å². The Labute approximate surface area is 189 Å². The molecule has 3 rings (SSSR count). The van der Waals surface area contributed by atoms with Crippen LogP contribution in [0.3, 0.4) is 0 Å². The normalized spacial score (nSPS) is 14.8. The molecule has 0 spiro atoms. The van der Waals surface area contributed by atoms with Crippen molar-refractivity contribution in [1.29, 1.82) is 0 Å². The Morgan fingerprint density at radius 2 is 1.94 bits per heavy atom. The maximum absolute atomic E-state index is 13.7. The van der Waals surface area contributed by atoms with E-state index in [-0.39, 0.29) is 28.8 Å². The van der Waals surface area contributed by atoms with Gasteiger partial charge in [0, 0.05) is 19.7 Å². The lowest BCUT2D eigenvalue weighted by atomic mass is 10.0. The van der Waals surface area contributed by atoms with Crippen LogP contribution < -0.4 is 16.8 Å². The number of primary amides is 1. The van der Waals surface area contributed by atoms with Crippen molar-refractivity contribution in [1.82, 2.24) is 14.6 Å². The highest BCUT2D eigenvalue weighted by Gasteiger charge is 2.39. The summed E-state index contributed by atoms with van der Waals surface area (Å²) in [4.78, 5) is 40.1. The Balaban J connectivity index is 2.05. The molecule has 1 aromatic heterocycles. The Morgan fingerprint density at radius 3 is 2.50 bits per heavy atom. The fourth-order valence-electron chi connectivity index (χ4n) is 3.88. The van der Waals surface area contributed by atoms with Gasteiger partial charge in [0.1, 0.15) is 16.7 Å². The summed E-state index contributed by atoms with van der Waals surface area (Å²) in [7, 11) is 1.51. The lowest BCUT2D eigenvalue weighted by molar-refractivity contribution is -0.126. The average Bonchev–Trinajstić information content (AvgIpc) is 3.42. The SMILES string of the molecule is COCCNC(=O)[C@@H](c1ccc(F)cc1)N(C(=O)c1snc(C(N)=O)c1N)C1CCCC1. The summed E-state index contributed by atoms with van der Waals surface area (Å²) in [5, 5.41) is 2.78. The molecule has 1 aliphatic rings. The van der Waals surface area contributed by atoms with Crippen molar-refractivity contribution in [2.75, 3.05) is 26.0 Å². The van der Waals surface area contributed by atoms with Gasteiger partial charge in [0.15, 0.2) is 5.69 Å². The molecule has 0 unspecified atom stereocenters. The molecule has 0 radical (unpaired) electrons. The van der Waals surface area contributed by atoms with Crippen LogP contribution in [0, 0.1) is 5.82 Å². The van der Waals surface area contributed by atoms with E-state index in [1.165, 1.54) is 36.3 Å². The van der Waals surface area contributed by atoms with Crippen LogP contribution in [-0.2, 0) is 9.53 Å². The second-order valence-electron chi connectivity index (χ2n) is 7.53. The second-order valence-corrected chi connectivity index (χ2v) is 8.30. The zero-order chi connectivity index (χ0) is 23.3. The number of carbonyl (C=O) groups is 3. The smallest absolute Gasteiger partial charge is 0.270 e. The summed E-state index contributed by atoms with van der Waals surface area (Å²) in [6, 6.07) is 4.19. The van der Waals surface area contributed by atoms with Crippen LogP contribution in [0.5, 0.6) is 0 Å². The third-order valence-corrected chi connectivity index (χ3v) is 6.28. The zero-order valence-corrected chi connectivity index (χ0v) is 18.5. The quantitative estimate of drug-likeness (QED) is 0.485. The maximum Gasteiger partial charge on any atom is 0.270 e. The van der Waals surface area contributed by atoms with Gasteiger partial charge in [-0.1, -0.05) is 25.0 Å². The third kappa shape index (κ3) is 5.05. The van der Waals surface area contributed by atoms with Crippen molar-refractivity contribution < 1.29 is 23.5 Å². The molecule has 1 atom stereocenters. The van der Waals surface area contributed by atoms with E-state index in [2.05, 4.69) is 9.69 Å². The van der Waals surface area contributed by atoms with Crippen molar-refractivity contribution in [2.45, 2.75) is 37.8 Å². The Hall–Kier alpha value is -3.05. The van der Waals surface area contributed by atoms with E-state index < -0.39 is 29.6 Å². The molecule has 3 amide bonds. The molecule has 5 N–H and O–H groups in total. The number of hydrogen-bond acceptors (Lipinski definition) is 7. The van der Waals surface area contributed by atoms with Gasteiger partial charge in [-0.15, -0.1) is 0 Å². The van der Waals surface area contributed by atoms with Crippen LogP contribution in [0.25, 0.3) is 0 Å². The first kappa shape index (κ1) is 23.6. The highest BCUT2D eigenvalue weighted by Crippen LogP contribution is 2.35. The molecule has 0 saturated heterocycles. The summed E-state index contributed by atoms with van der Waals surface area (Å²) in [6.45, 7) is 0.539. The second kappa shape index (κ2) is 10.5. The number of methoxy groups -OCH3 is 1. The van der Waals surface area contributed by atoms with E-state index in [0.29, 0.717) is 25.0 Å². The summed E-state index contributed by atoms with van der Waals surface area (Å²) < 4.78 is 22.5. The van der Waals surface area contributed by atoms with Crippen molar-refractivity contribution >= 4 is 34.9 Å². The van der Waals surface area contributed by atoms with E-state index in [9.17, 15) is 18.8 Å². The van der Waals surface area contributed by atoms with Crippen molar-refractivity contribution in [2.24, 2.45) is 5.73 Å². The van der Waals surface area contributed by atoms with Gasteiger partial charge in [0.2, 0.25) is 5.91 Å². The number of anilines is 1. The molecule has 9 nitrogen and oxygen atoms in total. The monoisotopic (exact) mass is 463 g/mol. The summed E-state index contributed by atoms with van der Waals surface area (Å²) in [5.41, 5.74) is 11.5. The summed E-state index contributed by atoms with van der Waals surface area (Å²) in [5.74, 6) is -2.23. The molecule has 172 valence electrons. The Bertz CT molecular complexity index is 975. The topological polar surface area (TPSA) is 141 Å². The number of ether oxygens (including phenoxy) is 1. The molecule has 2 aromatic rings. The first-order chi connectivity index (χ1) is 15.3. The fraction of sp³-hybridized carbons (Fsp3) is 0.429. The molecular weight excluding hydrogens is 437 g/mol. The van der Waals surface area contributed by atoms with Crippen LogP contribution in [0.15, 0.2) is 24.3 Å². The van der Waals surface area contributed by atoms with Crippen LogP contribution in [0.1, 0.15) is 57.4 Å². The van der Waals surface area contributed by atoms with Gasteiger partial charge in [-0.3, -0.25) is 14.4 Å². The Kier molecular flexibility index (Phi) is 7.75. The van der Waals surface area contributed by atoms with Gasteiger partial charge in [0.05, 0.1) is 12.3 Å². The third-order valence-electron chi connectivity index (χ3n) is 5.43. The van der Waals surface area contributed by atoms with Crippen molar-refractivity contribution in [3.63, 3.8) is 0 Å². The number of amides is 3. The average molecular weight is 464 g/mol. The summed E-state index contributed by atoms with van der Waals surface area (Å²) in [6.07, 6.45) is 3.22. The molecular formula is C21H26FN5O4S. The summed E-state index contributed by atoms with van der Waals surface area (Å²) >= 11 is 0.769. The van der Waals surface area contributed by atoms with E-state index in [1.807, 2.05) is 0 Å². The molecule has 0 bridgehead atoms.